The number of amides is 2. The van der Waals surface area contributed by atoms with Gasteiger partial charge in [-0.15, -0.1) is 0 Å². The zero-order valence-electron chi connectivity index (χ0n) is 20.4. The summed E-state index contributed by atoms with van der Waals surface area (Å²) in [5.41, 5.74) is -1.31. The van der Waals surface area contributed by atoms with Crippen LogP contribution >= 0.6 is 0 Å². The van der Waals surface area contributed by atoms with Crippen molar-refractivity contribution in [2.45, 2.75) is 82.6 Å². The molecular formula is C24H34FN3O6. The average molecular weight is 480 g/mol. The molecule has 3 aliphatic rings. The Morgan fingerprint density at radius 3 is 2.71 bits per heavy atom. The minimum absolute atomic E-state index is 0.0337. The third-order valence-corrected chi connectivity index (χ3v) is 6.49. The second kappa shape index (κ2) is 9.31. The molecule has 10 heteroatoms. The SMILES string of the molecule is CCC(C1OC1NC1C(=O)Nc2cccc(F)c2OC12CCOCC2)N(C)C(=O)OC(C)(C)C. The molecule has 2 saturated heterocycles. The van der Waals surface area contributed by atoms with E-state index in [4.69, 9.17) is 18.9 Å². The molecule has 188 valence electrons. The number of nitrogens with zero attached hydrogens (tertiary/aromatic N) is 1. The van der Waals surface area contributed by atoms with Gasteiger partial charge in [0, 0.05) is 19.9 Å². The van der Waals surface area contributed by atoms with Crippen LogP contribution in [0.4, 0.5) is 14.9 Å². The summed E-state index contributed by atoms with van der Waals surface area (Å²) in [4.78, 5) is 27.4. The maximum Gasteiger partial charge on any atom is 0.410 e. The zero-order chi connectivity index (χ0) is 24.7. The summed E-state index contributed by atoms with van der Waals surface area (Å²) in [6.07, 6.45) is 0.239. The van der Waals surface area contributed by atoms with Gasteiger partial charge in [0.05, 0.1) is 24.9 Å². The lowest BCUT2D eigenvalue weighted by Crippen LogP contribution is -2.62. The summed E-state index contributed by atoms with van der Waals surface area (Å²) in [6.45, 7) is 8.20. The molecule has 4 unspecified atom stereocenters. The molecule has 4 atom stereocenters. The molecule has 2 N–H and O–H groups in total. The molecule has 1 aromatic carbocycles. The van der Waals surface area contributed by atoms with Crippen LogP contribution in [0.25, 0.3) is 0 Å². The van der Waals surface area contributed by atoms with Crippen molar-refractivity contribution in [3.63, 3.8) is 0 Å². The molecule has 0 aromatic heterocycles. The molecule has 3 aliphatic heterocycles. The van der Waals surface area contributed by atoms with E-state index in [-0.39, 0.29) is 23.8 Å². The summed E-state index contributed by atoms with van der Waals surface area (Å²) in [5.74, 6) is -0.824. The van der Waals surface area contributed by atoms with Crippen LogP contribution in [0.5, 0.6) is 5.75 Å². The van der Waals surface area contributed by atoms with Crippen LogP contribution in [-0.4, -0.2) is 72.8 Å². The first-order valence-corrected chi connectivity index (χ1v) is 11.8. The number of ether oxygens (including phenoxy) is 4. The number of para-hydroxylation sites is 1. The van der Waals surface area contributed by atoms with Crippen LogP contribution in [-0.2, 0) is 19.0 Å². The summed E-state index contributed by atoms with van der Waals surface area (Å²) in [7, 11) is 1.68. The number of carbonyl (C=O) groups excluding carboxylic acids is 2. The number of epoxide rings is 1. The van der Waals surface area contributed by atoms with Crippen molar-refractivity contribution in [2.75, 3.05) is 25.6 Å². The first-order chi connectivity index (χ1) is 16.0. The van der Waals surface area contributed by atoms with Crippen LogP contribution in [0.15, 0.2) is 18.2 Å². The van der Waals surface area contributed by atoms with Crippen molar-refractivity contribution in [3.05, 3.63) is 24.0 Å². The Hall–Kier alpha value is -2.43. The number of hydrogen-bond acceptors (Lipinski definition) is 7. The number of fused-ring (bicyclic) bond motifs is 1. The molecule has 0 aliphatic carbocycles. The van der Waals surface area contributed by atoms with Crippen LogP contribution in [0.3, 0.4) is 0 Å². The summed E-state index contributed by atoms with van der Waals surface area (Å²) < 4.78 is 37.8. The second-order valence-electron chi connectivity index (χ2n) is 10.1. The number of nitrogens with one attached hydrogen (secondary N) is 2. The maximum atomic E-state index is 14.6. The fourth-order valence-corrected chi connectivity index (χ4v) is 4.66. The van der Waals surface area contributed by atoms with E-state index in [1.807, 2.05) is 27.7 Å². The zero-order valence-corrected chi connectivity index (χ0v) is 20.4. The Kier molecular flexibility index (Phi) is 6.76. The van der Waals surface area contributed by atoms with Crippen LogP contribution < -0.4 is 15.4 Å². The Morgan fingerprint density at radius 1 is 1.35 bits per heavy atom. The first-order valence-electron chi connectivity index (χ1n) is 11.8. The Bertz CT molecular complexity index is 930. The topological polar surface area (TPSA) is 102 Å². The lowest BCUT2D eigenvalue weighted by atomic mass is 9.85. The van der Waals surface area contributed by atoms with Crippen molar-refractivity contribution in [1.82, 2.24) is 10.2 Å². The second-order valence-corrected chi connectivity index (χ2v) is 10.1. The molecule has 34 heavy (non-hydrogen) atoms. The highest BCUT2D eigenvalue weighted by Gasteiger charge is 2.55. The summed E-state index contributed by atoms with van der Waals surface area (Å²) in [5, 5.41) is 6.08. The number of halogens is 1. The van der Waals surface area contributed by atoms with Gasteiger partial charge in [-0.3, -0.25) is 10.1 Å². The number of carbonyl (C=O) groups is 2. The summed E-state index contributed by atoms with van der Waals surface area (Å²) >= 11 is 0. The van der Waals surface area contributed by atoms with Gasteiger partial charge in [0.25, 0.3) is 0 Å². The van der Waals surface area contributed by atoms with Gasteiger partial charge in [-0.2, -0.15) is 0 Å². The van der Waals surface area contributed by atoms with Gasteiger partial charge in [0.1, 0.15) is 29.6 Å². The van der Waals surface area contributed by atoms with Crippen molar-refractivity contribution in [1.29, 1.82) is 0 Å². The number of rotatable bonds is 5. The van der Waals surface area contributed by atoms with Crippen LogP contribution in [0.1, 0.15) is 47.0 Å². The van der Waals surface area contributed by atoms with Gasteiger partial charge in [0.15, 0.2) is 11.6 Å². The molecule has 0 radical (unpaired) electrons. The van der Waals surface area contributed by atoms with Gasteiger partial charge in [-0.1, -0.05) is 13.0 Å². The predicted octanol–water partition coefficient (Wildman–Crippen LogP) is 3.03. The van der Waals surface area contributed by atoms with E-state index >= 15 is 0 Å². The number of likely N-dealkylation sites (N-methyl/N-ethyl adjacent to an activating group) is 1. The molecule has 1 spiro atoms. The van der Waals surface area contributed by atoms with Crippen LogP contribution in [0.2, 0.25) is 0 Å². The summed E-state index contributed by atoms with van der Waals surface area (Å²) in [6, 6.07) is 3.40. The predicted molar refractivity (Wildman–Crippen MR) is 122 cm³/mol. The van der Waals surface area contributed by atoms with Gasteiger partial charge in [0.2, 0.25) is 5.91 Å². The molecule has 0 bridgehead atoms. The minimum atomic E-state index is -0.995. The van der Waals surface area contributed by atoms with Crippen molar-refractivity contribution in [3.8, 4) is 5.75 Å². The average Bonchev–Trinajstić information content (AvgIpc) is 3.54. The van der Waals surface area contributed by atoms with Gasteiger partial charge < -0.3 is 29.2 Å². The number of anilines is 1. The van der Waals surface area contributed by atoms with E-state index in [0.29, 0.717) is 38.2 Å². The molecule has 0 saturated carbocycles. The van der Waals surface area contributed by atoms with E-state index in [1.165, 1.54) is 17.0 Å². The lowest BCUT2D eigenvalue weighted by Gasteiger charge is -2.41. The number of hydrogen-bond donors (Lipinski definition) is 2. The molecule has 4 rings (SSSR count). The Morgan fingerprint density at radius 2 is 2.06 bits per heavy atom. The first kappa shape index (κ1) is 24.7. The smallest absolute Gasteiger partial charge is 0.410 e. The van der Waals surface area contributed by atoms with E-state index in [0.717, 1.165) is 0 Å². The molecule has 9 nitrogen and oxygen atoms in total. The number of benzene rings is 1. The van der Waals surface area contributed by atoms with E-state index in [2.05, 4.69) is 10.6 Å². The third-order valence-electron chi connectivity index (χ3n) is 6.49. The van der Waals surface area contributed by atoms with E-state index in [1.54, 1.807) is 13.1 Å². The van der Waals surface area contributed by atoms with Crippen molar-refractivity contribution >= 4 is 17.7 Å². The molecule has 1 aromatic rings. The van der Waals surface area contributed by atoms with Crippen molar-refractivity contribution in [2.24, 2.45) is 0 Å². The van der Waals surface area contributed by atoms with Gasteiger partial charge in [-0.05, 0) is 39.3 Å². The highest BCUT2D eigenvalue weighted by molar-refractivity contribution is 5.98. The van der Waals surface area contributed by atoms with E-state index in [9.17, 15) is 14.0 Å². The Labute approximate surface area is 199 Å². The van der Waals surface area contributed by atoms with E-state index < -0.39 is 35.4 Å². The van der Waals surface area contributed by atoms with Gasteiger partial charge in [-0.25, -0.2) is 9.18 Å². The standard InChI is InChI=1S/C24H34FN3O6/c1-6-16(28(5)22(30)34-23(2,3)4)18-21(32-18)27-19-20(29)26-15-9-7-8-14(25)17(15)33-24(19)10-12-31-13-11-24/h7-9,16,18-19,21,27H,6,10-13H2,1-5H3,(H,26,29). The lowest BCUT2D eigenvalue weighted by molar-refractivity contribution is -0.128. The highest BCUT2D eigenvalue weighted by atomic mass is 19.1. The monoisotopic (exact) mass is 479 g/mol. The largest absolute Gasteiger partial charge is 0.480 e. The molecule has 2 fully saturated rings. The van der Waals surface area contributed by atoms with Gasteiger partial charge >= 0.3 is 6.09 Å². The fraction of sp³-hybridized carbons (Fsp3) is 0.667. The quantitative estimate of drug-likeness (QED) is 0.626. The third kappa shape index (κ3) is 4.99. The van der Waals surface area contributed by atoms with Crippen LogP contribution in [0, 0.1) is 5.82 Å². The Balaban J connectivity index is 1.52. The maximum absolute atomic E-state index is 14.6. The molecular weight excluding hydrogens is 445 g/mol. The van der Waals surface area contributed by atoms with Crippen molar-refractivity contribution < 1.29 is 32.9 Å². The minimum Gasteiger partial charge on any atom is -0.480 e. The fourth-order valence-electron chi connectivity index (χ4n) is 4.66. The molecule has 2 amide bonds. The molecule has 3 heterocycles. The normalized spacial score (nSPS) is 26.5. The highest BCUT2D eigenvalue weighted by Crippen LogP contribution is 2.41.